The Bertz CT molecular complexity index is 977. The Morgan fingerprint density at radius 3 is 2.42 bits per heavy atom. The summed E-state index contributed by atoms with van der Waals surface area (Å²) < 4.78 is 14.6. The molecule has 0 amide bonds. The number of fused-ring (bicyclic) bond motifs is 3. The summed E-state index contributed by atoms with van der Waals surface area (Å²) in [6.45, 7) is 0. The van der Waals surface area contributed by atoms with E-state index in [4.69, 9.17) is 0 Å². The van der Waals surface area contributed by atoms with Gasteiger partial charge in [-0.15, -0.1) is 0 Å². The lowest BCUT2D eigenvalue weighted by molar-refractivity contribution is 0.413. The number of allylic oxidation sites excluding steroid dienone is 2. The predicted molar refractivity (Wildman–Crippen MR) is 105 cm³/mol. The van der Waals surface area contributed by atoms with Crippen molar-refractivity contribution in [2.24, 2.45) is 5.92 Å². The van der Waals surface area contributed by atoms with E-state index in [1.54, 1.807) is 12.1 Å². The van der Waals surface area contributed by atoms with Crippen LogP contribution in [0.5, 0.6) is 0 Å². The topological polar surface area (TPSA) is 12.0 Å². The van der Waals surface area contributed by atoms with Gasteiger partial charge in [0.1, 0.15) is 5.82 Å². The number of rotatable bonds is 2. The Morgan fingerprint density at radius 2 is 1.58 bits per heavy atom. The molecule has 3 aromatic rings. The van der Waals surface area contributed by atoms with Crippen LogP contribution in [0.2, 0.25) is 0 Å². The summed E-state index contributed by atoms with van der Waals surface area (Å²) in [6.07, 6.45) is 5.52. The van der Waals surface area contributed by atoms with Crippen molar-refractivity contribution < 1.29 is 4.39 Å². The van der Waals surface area contributed by atoms with Crippen molar-refractivity contribution in [2.75, 3.05) is 5.32 Å². The van der Waals surface area contributed by atoms with Crippen LogP contribution in [-0.4, -0.2) is 0 Å². The van der Waals surface area contributed by atoms with Gasteiger partial charge >= 0.3 is 0 Å². The van der Waals surface area contributed by atoms with Gasteiger partial charge in [-0.3, -0.25) is 0 Å². The maximum absolute atomic E-state index is 14.6. The number of nitrogens with one attached hydrogen (secondary N) is 1. The summed E-state index contributed by atoms with van der Waals surface area (Å²) in [6, 6.07) is 24.1. The van der Waals surface area contributed by atoms with Crippen molar-refractivity contribution in [2.45, 2.75) is 18.4 Å². The molecule has 5 rings (SSSR count). The van der Waals surface area contributed by atoms with E-state index in [9.17, 15) is 4.39 Å². The smallest absolute Gasteiger partial charge is 0.128 e. The normalized spacial score (nSPS) is 23.2. The van der Waals surface area contributed by atoms with Crippen molar-refractivity contribution in [1.82, 2.24) is 0 Å². The molecule has 0 spiro atoms. The summed E-state index contributed by atoms with van der Waals surface area (Å²) in [5, 5.41) is 3.71. The molecule has 0 aromatic heterocycles. The van der Waals surface area contributed by atoms with E-state index in [2.05, 4.69) is 59.9 Å². The first-order valence-corrected chi connectivity index (χ1v) is 9.19. The summed E-state index contributed by atoms with van der Waals surface area (Å²) in [7, 11) is 0. The highest BCUT2D eigenvalue weighted by Gasteiger charge is 2.39. The first-order valence-electron chi connectivity index (χ1n) is 9.19. The van der Waals surface area contributed by atoms with E-state index in [1.807, 2.05) is 18.2 Å². The van der Waals surface area contributed by atoms with Crippen molar-refractivity contribution in [3.05, 3.63) is 102 Å². The highest BCUT2D eigenvalue weighted by atomic mass is 19.1. The zero-order valence-corrected chi connectivity index (χ0v) is 14.4. The second kappa shape index (κ2) is 6.14. The lowest BCUT2D eigenvalue weighted by Gasteiger charge is -2.38. The van der Waals surface area contributed by atoms with E-state index in [-0.39, 0.29) is 11.9 Å². The fraction of sp³-hybridized carbons (Fsp3) is 0.167. The fourth-order valence-electron chi connectivity index (χ4n) is 4.51. The minimum atomic E-state index is -0.128. The van der Waals surface area contributed by atoms with Gasteiger partial charge in [0, 0.05) is 22.7 Å². The van der Waals surface area contributed by atoms with Crippen molar-refractivity contribution in [1.29, 1.82) is 0 Å². The van der Waals surface area contributed by atoms with Crippen molar-refractivity contribution >= 4 is 5.69 Å². The number of hydrogen-bond acceptors (Lipinski definition) is 1. The highest BCUT2D eigenvalue weighted by molar-refractivity contribution is 5.82. The Balaban J connectivity index is 1.68. The Labute approximate surface area is 153 Å². The third-order valence-corrected chi connectivity index (χ3v) is 5.72. The molecule has 3 aromatic carbocycles. The second-order valence-electron chi connectivity index (χ2n) is 7.13. The van der Waals surface area contributed by atoms with Gasteiger partial charge in [-0.2, -0.15) is 0 Å². The Hall–Kier alpha value is -2.87. The molecule has 2 aliphatic rings. The van der Waals surface area contributed by atoms with Gasteiger partial charge in [-0.05, 0) is 29.5 Å². The van der Waals surface area contributed by atoms with Gasteiger partial charge in [0.05, 0.1) is 6.04 Å². The molecule has 26 heavy (non-hydrogen) atoms. The molecule has 128 valence electrons. The summed E-state index contributed by atoms with van der Waals surface area (Å²) >= 11 is 0. The number of anilines is 1. The molecule has 0 bridgehead atoms. The number of benzene rings is 3. The van der Waals surface area contributed by atoms with Crippen LogP contribution in [0.3, 0.4) is 0 Å². The van der Waals surface area contributed by atoms with Gasteiger partial charge < -0.3 is 5.32 Å². The molecule has 1 N–H and O–H groups in total. The molecule has 3 atom stereocenters. The standard InChI is InChI=1S/C24H20FN/c25-22-15-5-4-10-21(22)24-20-14-7-12-18(20)19-13-6-11-17(23(19)26-24)16-8-2-1-3-9-16/h1-13,15,18,20,24,26H,14H2/t18-,20+,24+/m0/s1. The number of para-hydroxylation sites is 1. The molecule has 0 fully saturated rings. The first kappa shape index (κ1) is 15.4. The lowest BCUT2D eigenvalue weighted by Crippen LogP contribution is -2.30. The lowest BCUT2D eigenvalue weighted by atomic mass is 9.76. The third kappa shape index (κ3) is 2.37. The molecule has 1 heterocycles. The maximum Gasteiger partial charge on any atom is 0.128 e. The van der Waals surface area contributed by atoms with Gasteiger partial charge in [-0.25, -0.2) is 4.39 Å². The van der Waals surface area contributed by atoms with Gasteiger partial charge in [0.2, 0.25) is 0 Å². The Morgan fingerprint density at radius 1 is 0.808 bits per heavy atom. The Kier molecular flexibility index (Phi) is 3.63. The quantitative estimate of drug-likeness (QED) is 0.538. The minimum Gasteiger partial charge on any atom is -0.377 e. The van der Waals surface area contributed by atoms with Crippen LogP contribution in [0.25, 0.3) is 11.1 Å². The van der Waals surface area contributed by atoms with E-state index in [0.717, 1.165) is 17.7 Å². The van der Waals surface area contributed by atoms with Crippen LogP contribution in [0.4, 0.5) is 10.1 Å². The van der Waals surface area contributed by atoms with Crippen molar-refractivity contribution in [3.8, 4) is 11.1 Å². The molecule has 1 nitrogen and oxygen atoms in total. The van der Waals surface area contributed by atoms with Crippen LogP contribution >= 0.6 is 0 Å². The zero-order chi connectivity index (χ0) is 17.5. The number of hydrogen-bond donors (Lipinski definition) is 1. The predicted octanol–water partition coefficient (Wildman–Crippen LogP) is 6.32. The van der Waals surface area contributed by atoms with Crippen LogP contribution < -0.4 is 5.32 Å². The first-order chi connectivity index (χ1) is 12.8. The minimum absolute atomic E-state index is 0.0198. The zero-order valence-electron chi connectivity index (χ0n) is 14.4. The van der Waals surface area contributed by atoms with Crippen LogP contribution in [0, 0.1) is 11.7 Å². The highest BCUT2D eigenvalue weighted by Crippen LogP contribution is 2.52. The molecular formula is C24H20FN. The largest absolute Gasteiger partial charge is 0.377 e. The maximum atomic E-state index is 14.6. The van der Waals surface area contributed by atoms with Crippen LogP contribution in [-0.2, 0) is 0 Å². The van der Waals surface area contributed by atoms with E-state index < -0.39 is 0 Å². The van der Waals surface area contributed by atoms with Gasteiger partial charge in [0.25, 0.3) is 0 Å². The average Bonchev–Trinajstić information content (AvgIpc) is 3.18. The SMILES string of the molecule is Fc1ccccc1[C@@H]1Nc2c(-c3ccccc3)cccc2[C@@H]2C=CC[C@H]21. The summed E-state index contributed by atoms with van der Waals surface area (Å²) in [4.78, 5) is 0. The number of halogens is 1. The monoisotopic (exact) mass is 341 g/mol. The van der Waals surface area contributed by atoms with E-state index in [1.165, 1.54) is 16.7 Å². The molecule has 1 aliphatic carbocycles. The molecule has 1 aliphatic heterocycles. The van der Waals surface area contributed by atoms with E-state index >= 15 is 0 Å². The van der Waals surface area contributed by atoms with E-state index in [0.29, 0.717) is 11.8 Å². The van der Waals surface area contributed by atoms with Crippen molar-refractivity contribution in [3.63, 3.8) is 0 Å². The summed E-state index contributed by atoms with van der Waals surface area (Å²) in [5.74, 6) is 0.557. The summed E-state index contributed by atoms with van der Waals surface area (Å²) in [5.41, 5.74) is 5.59. The fourth-order valence-corrected chi connectivity index (χ4v) is 4.51. The van der Waals surface area contributed by atoms with Crippen LogP contribution in [0.1, 0.15) is 29.5 Å². The average molecular weight is 341 g/mol. The molecule has 0 unspecified atom stereocenters. The molecule has 0 radical (unpaired) electrons. The van der Waals surface area contributed by atoms with Gasteiger partial charge in [-0.1, -0.05) is 78.9 Å². The molecular weight excluding hydrogens is 321 g/mol. The van der Waals surface area contributed by atoms with Crippen LogP contribution in [0.15, 0.2) is 84.9 Å². The molecule has 0 saturated carbocycles. The molecule has 0 saturated heterocycles. The third-order valence-electron chi connectivity index (χ3n) is 5.72. The second-order valence-corrected chi connectivity index (χ2v) is 7.13. The molecule has 2 heteroatoms. The van der Waals surface area contributed by atoms with Gasteiger partial charge in [0.15, 0.2) is 0 Å².